The van der Waals surface area contributed by atoms with Gasteiger partial charge in [-0.2, -0.15) is 26.3 Å². The molecule has 17 heteroatoms. The minimum Gasteiger partial charge on any atom is -0.481 e. The molecule has 296 valence electrons. The number of carbonyl (C=O) groups is 3. The number of thioether (sulfide) groups is 1. The molecule has 1 aliphatic rings. The Labute approximate surface area is 317 Å². The highest BCUT2D eigenvalue weighted by atomic mass is 32.2. The lowest BCUT2D eigenvalue weighted by atomic mass is 9.81. The molecule has 2 amide bonds. The fourth-order valence-corrected chi connectivity index (χ4v) is 8.58. The average Bonchev–Trinajstić information content (AvgIpc) is 3.61. The first-order chi connectivity index (χ1) is 25.4. The first kappa shape index (κ1) is 42.9. The maximum atomic E-state index is 14.9. The van der Waals surface area contributed by atoms with Gasteiger partial charge in [-0.05, 0) is 68.5 Å². The summed E-state index contributed by atoms with van der Waals surface area (Å²) >= 11 is 1.76. The van der Waals surface area contributed by atoms with Gasteiger partial charge in [0.15, 0.2) is 0 Å². The molecular weight excluding hydrogens is 761 g/mol. The summed E-state index contributed by atoms with van der Waals surface area (Å²) in [4.78, 5) is 46.0. The van der Waals surface area contributed by atoms with E-state index in [1.807, 2.05) is 6.07 Å². The fraction of sp³-hybridized carbons (Fsp3) is 0.514. The zero-order valence-electron chi connectivity index (χ0n) is 30.0. The Morgan fingerprint density at radius 3 is 2.30 bits per heavy atom. The Kier molecular flexibility index (Phi) is 14.1. The van der Waals surface area contributed by atoms with Crippen molar-refractivity contribution in [1.82, 2.24) is 14.8 Å². The number of amides is 2. The lowest BCUT2D eigenvalue weighted by Gasteiger charge is -2.48. The SMILES string of the molecule is CCC[C@@H](N(CC)C(=O)c1ncccc1C(F)(F)F)[C@](CC)(Oc1csc(C(F)(F)F)c1)C(=O)N1CCC(O)(c2ccccc2SCCCC(=O)O)CC1. The molecule has 1 saturated heterocycles. The van der Waals surface area contributed by atoms with Crippen molar-refractivity contribution in [3.8, 4) is 5.75 Å². The number of pyridine rings is 1. The van der Waals surface area contributed by atoms with Gasteiger partial charge in [-0.25, -0.2) is 0 Å². The van der Waals surface area contributed by atoms with Gasteiger partial charge in [0.1, 0.15) is 16.3 Å². The summed E-state index contributed by atoms with van der Waals surface area (Å²) in [6, 6.07) is 8.41. The molecule has 0 radical (unpaired) electrons. The van der Waals surface area contributed by atoms with Crippen molar-refractivity contribution in [3.63, 3.8) is 0 Å². The van der Waals surface area contributed by atoms with E-state index in [9.17, 15) is 45.8 Å². The van der Waals surface area contributed by atoms with Gasteiger partial charge in [-0.3, -0.25) is 19.4 Å². The maximum absolute atomic E-state index is 14.9. The van der Waals surface area contributed by atoms with Gasteiger partial charge in [0.05, 0.1) is 17.2 Å². The second kappa shape index (κ2) is 17.8. The predicted molar refractivity (Wildman–Crippen MR) is 191 cm³/mol. The summed E-state index contributed by atoms with van der Waals surface area (Å²) in [6.07, 6.45) is -7.91. The monoisotopic (exact) mass is 803 g/mol. The van der Waals surface area contributed by atoms with Gasteiger partial charge in [0.25, 0.3) is 11.8 Å². The quantitative estimate of drug-likeness (QED) is 0.0841. The number of hydrogen-bond donors (Lipinski definition) is 2. The molecule has 54 heavy (non-hydrogen) atoms. The van der Waals surface area contributed by atoms with E-state index in [2.05, 4.69) is 4.98 Å². The number of aliphatic hydroxyl groups is 1. The minimum atomic E-state index is -4.93. The third-order valence-electron chi connectivity index (χ3n) is 9.49. The van der Waals surface area contributed by atoms with E-state index in [4.69, 9.17) is 9.84 Å². The number of thiophene rings is 1. The van der Waals surface area contributed by atoms with Crippen molar-refractivity contribution >= 4 is 40.9 Å². The highest BCUT2D eigenvalue weighted by Gasteiger charge is 2.54. The Hall–Kier alpha value is -3.83. The van der Waals surface area contributed by atoms with E-state index in [0.29, 0.717) is 35.5 Å². The number of benzene rings is 1. The van der Waals surface area contributed by atoms with Crippen LogP contribution in [0, 0.1) is 0 Å². The van der Waals surface area contributed by atoms with E-state index in [-0.39, 0.29) is 57.5 Å². The average molecular weight is 804 g/mol. The number of rotatable bonds is 16. The molecule has 0 unspecified atom stereocenters. The van der Waals surface area contributed by atoms with Crippen molar-refractivity contribution in [2.75, 3.05) is 25.4 Å². The van der Waals surface area contributed by atoms with Crippen LogP contribution in [0.25, 0.3) is 0 Å². The second-order valence-corrected chi connectivity index (χ2v) is 15.0. The number of nitrogens with zero attached hydrogens (tertiary/aromatic N) is 3. The predicted octanol–water partition coefficient (Wildman–Crippen LogP) is 8.51. The smallest absolute Gasteiger partial charge is 0.425 e. The fourth-order valence-electron chi connectivity index (χ4n) is 6.80. The summed E-state index contributed by atoms with van der Waals surface area (Å²) in [5.74, 6) is -2.52. The van der Waals surface area contributed by atoms with Crippen molar-refractivity contribution in [2.24, 2.45) is 0 Å². The van der Waals surface area contributed by atoms with Crippen molar-refractivity contribution < 1.29 is 55.7 Å². The summed E-state index contributed by atoms with van der Waals surface area (Å²) in [7, 11) is 0. The van der Waals surface area contributed by atoms with E-state index < -0.39 is 63.5 Å². The largest absolute Gasteiger partial charge is 0.481 e. The lowest BCUT2D eigenvalue weighted by molar-refractivity contribution is -0.159. The van der Waals surface area contributed by atoms with Crippen LogP contribution < -0.4 is 4.74 Å². The van der Waals surface area contributed by atoms with Gasteiger partial charge >= 0.3 is 18.3 Å². The number of likely N-dealkylation sites (tertiary alicyclic amines) is 1. The van der Waals surface area contributed by atoms with E-state index in [1.165, 1.54) is 23.6 Å². The number of likely N-dealkylation sites (N-methyl/N-ethyl adjacent to an activating group) is 1. The molecule has 4 rings (SSSR count). The van der Waals surface area contributed by atoms with Crippen LogP contribution in [0.4, 0.5) is 26.3 Å². The molecule has 2 aromatic heterocycles. The molecule has 0 aliphatic carbocycles. The van der Waals surface area contributed by atoms with Crippen LogP contribution in [0.3, 0.4) is 0 Å². The Bertz CT molecular complexity index is 1760. The number of alkyl halides is 6. The standard InChI is InChI=1S/C37H43F6N3O6S2/c1-4-11-28(46(6-3)32(49)31-26(36(38,39)40)13-9-18-44-31)35(5-2,52-24-22-29(54-23-24)37(41,42)43)33(50)45-19-16-34(51,17-20-45)25-12-7-8-14-27(25)53-21-10-15-30(47)48/h7-9,12-14,18,22-23,28,51H,4-6,10-11,15-17,19-21H2,1-3H3,(H,47,48)/t28-,35+/m1/s1. The van der Waals surface area contributed by atoms with Gasteiger partial charge in [0.2, 0.25) is 5.60 Å². The van der Waals surface area contributed by atoms with Crippen molar-refractivity contribution in [1.29, 1.82) is 0 Å². The van der Waals surface area contributed by atoms with E-state index in [1.54, 1.807) is 32.0 Å². The van der Waals surface area contributed by atoms with Crippen LogP contribution in [0.15, 0.2) is 58.9 Å². The number of hydrogen-bond acceptors (Lipinski definition) is 8. The topological polar surface area (TPSA) is 120 Å². The first-order valence-electron chi connectivity index (χ1n) is 17.6. The molecule has 0 saturated carbocycles. The third-order valence-corrected chi connectivity index (χ3v) is 11.6. The number of aromatic nitrogens is 1. The summed E-state index contributed by atoms with van der Waals surface area (Å²) < 4.78 is 89.6. The highest BCUT2D eigenvalue weighted by molar-refractivity contribution is 7.99. The number of ether oxygens (including phenoxy) is 1. The summed E-state index contributed by atoms with van der Waals surface area (Å²) in [6.45, 7) is 4.60. The molecule has 0 spiro atoms. The molecule has 1 aromatic carbocycles. The highest BCUT2D eigenvalue weighted by Crippen LogP contribution is 2.43. The molecule has 1 fully saturated rings. The number of carboxylic acid groups (broad SMARTS) is 1. The van der Waals surface area contributed by atoms with Gasteiger partial charge in [-0.15, -0.1) is 23.1 Å². The molecule has 3 heterocycles. The molecule has 0 bridgehead atoms. The normalized spacial score (nSPS) is 16.4. The van der Waals surface area contributed by atoms with Crippen molar-refractivity contribution in [2.45, 2.75) is 100 Å². The van der Waals surface area contributed by atoms with Crippen LogP contribution in [-0.4, -0.2) is 79.8 Å². The first-order valence-corrected chi connectivity index (χ1v) is 19.4. The molecule has 2 N–H and O–H groups in total. The number of piperidine rings is 1. The van der Waals surface area contributed by atoms with Gasteiger partial charge < -0.3 is 24.7 Å². The molecule has 2 atom stereocenters. The summed E-state index contributed by atoms with van der Waals surface area (Å²) in [5, 5.41) is 22.0. The van der Waals surface area contributed by atoms with Gasteiger partial charge in [-0.1, -0.05) is 38.5 Å². The number of carboxylic acids is 1. The van der Waals surface area contributed by atoms with Gasteiger partial charge in [0, 0.05) is 48.6 Å². The van der Waals surface area contributed by atoms with E-state index >= 15 is 0 Å². The molecule has 9 nitrogen and oxygen atoms in total. The van der Waals surface area contributed by atoms with Crippen LogP contribution >= 0.6 is 23.1 Å². The van der Waals surface area contributed by atoms with Crippen LogP contribution in [0.2, 0.25) is 0 Å². The zero-order valence-corrected chi connectivity index (χ0v) is 31.6. The Morgan fingerprint density at radius 2 is 1.72 bits per heavy atom. The number of halogens is 6. The second-order valence-electron chi connectivity index (χ2n) is 12.9. The Balaban J connectivity index is 1.73. The molecule has 1 aliphatic heterocycles. The molecule has 3 aromatic rings. The van der Waals surface area contributed by atoms with Crippen LogP contribution in [-0.2, 0) is 27.5 Å². The van der Waals surface area contributed by atoms with Crippen LogP contribution in [0.1, 0.15) is 92.2 Å². The minimum absolute atomic E-state index is 0.00785. The maximum Gasteiger partial charge on any atom is 0.425 e. The summed E-state index contributed by atoms with van der Waals surface area (Å²) in [5.41, 5.74) is -5.01. The number of carbonyl (C=O) groups excluding carboxylic acids is 2. The van der Waals surface area contributed by atoms with E-state index in [0.717, 1.165) is 39.6 Å². The Morgan fingerprint density at radius 1 is 1.04 bits per heavy atom. The number of aliphatic carboxylic acids is 1. The third kappa shape index (κ3) is 9.69. The lowest BCUT2D eigenvalue weighted by Crippen LogP contribution is -2.66. The zero-order chi connectivity index (χ0) is 39.9. The van der Waals surface area contributed by atoms with Crippen molar-refractivity contribution in [3.05, 3.63) is 75.7 Å². The van der Waals surface area contributed by atoms with Crippen LogP contribution in [0.5, 0.6) is 5.75 Å². The molecular formula is C37H43F6N3O6S2.